The number of carboxylic acid groups (broad SMARTS) is 1. The Kier molecular flexibility index (Phi) is 7.03. The SMILES string of the molecule is NS(=O)c1ccc(Cc2c(-c3cccc(-c4ccc(F)cc4)c3)nn(C3NC(C(=O)O)=CS3)c2C2CC2)c(F)c1. The Hall–Kier alpha value is -3.80. The molecule has 0 spiro atoms. The highest BCUT2D eigenvalue weighted by Gasteiger charge is 2.36. The molecule has 7 nitrogen and oxygen atoms in total. The number of aromatic nitrogens is 2. The summed E-state index contributed by atoms with van der Waals surface area (Å²) in [5.74, 6) is -1.69. The van der Waals surface area contributed by atoms with Crippen molar-refractivity contribution in [3.8, 4) is 22.4 Å². The number of nitrogens with two attached hydrogens (primary N) is 1. The molecule has 1 aromatic heterocycles. The zero-order valence-electron chi connectivity index (χ0n) is 21.0. The summed E-state index contributed by atoms with van der Waals surface area (Å²) in [4.78, 5) is 11.8. The molecule has 6 rings (SSSR count). The van der Waals surface area contributed by atoms with Crippen molar-refractivity contribution >= 4 is 28.7 Å². The topological polar surface area (TPSA) is 110 Å². The fourth-order valence-corrected chi connectivity index (χ4v) is 6.22. The summed E-state index contributed by atoms with van der Waals surface area (Å²) >= 11 is 1.31. The summed E-state index contributed by atoms with van der Waals surface area (Å²) in [7, 11) is -1.80. The lowest BCUT2D eigenvalue weighted by molar-refractivity contribution is -0.133. The maximum Gasteiger partial charge on any atom is 0.352 e. The first-order valence-corrected chi connectivity index (χ1v) is 14.7. The Morgan fingerprint density at radius 2 is 1.82 bits per heavy atom. The molecule has 40 heavy (non-hydrogen) atoms. The van der Waals surface area contributed by atoms with Gasteiger partial charge in [0.15, 0.2) is 5.50 Å². The molecule has 11 heteroatoms. The van der Waals surface area contributed by atoms with Crippen LogP contribution < -0.4 is 10.5 Å². The van der Waals surface area contributed by atoms with Gasteiger partial charge in [0.2, 0.25) is 0 Å². The normalized spacial score (nSPS) is 17.4. The maximum absolute atomic E-state index is 15.2. The lowest BCUT2D eigenvalue weighted by Crippen LogP contribution is -2.25. The molecule has 1 aliphatic carbocycles. The summed E-state index contributed by atoms with van der Waals surface area (Å²) in [5.41, 5.74) is 4.95. The van der Waals surface area contributed by atoms with Crippen LogP contribution in [0.25, 0.3) is 22.4 Å². The molecule has 1 aliphatic heterocycles. The predicted octanol–water partition coefficient (Wildman–Crippen LogP) is 5.66. The average Bonchev–Trinajstić information content (AvgIpc) is 3.52. The number of halogens is 2. The number of carbonyl (C=O) groups is 1. The van der Waals surface area contributed by atoms with Crippen LogP contribution in [-0.4, -0.2) is 25.1 Å². The van der Waals surface area contributed by atoms with Crippen molar-refractivity contribution in [1.29, 1.82) is 0 Å². The molecular weight excluding hydrogens is 554 g/mol. The average molecular weight is 579 g/mol. The highest BCUT2D eigenvalue weighted by atomic mass is 32.2. The molecule has 204 valence electrons. The van der Waals surface area contributed by atoms with Crippen molar-refractivity contribution in [2.45, 2.75) is 35.6 Å². The monoisotopic (exact) mass is 578 g/mol. The number of aliphatic carboxylic acids is 1. The first kappa shape index (κ1) is 26.4. The van der Waals surface area contributed by atoms with Gasteiger partial charge in [-0.15, -0.1) is 0 Å². The maximum atomic E-state index is 15.2. The number of nitrogens with one attached hydrogen (secondary N) is 1. The molecule has 2 heterocycles. The van der Waals surface area contributed by atoms with E-state index in [4.69, 9.17) is 10.2 Å². The minimum absolute atomic E-state index is 0.0880. The van der Waals surface area contributed by atoms with E-state index in [1.807, 2.05) is 28.9 Å². The second kappa shape index (κ2) is 10.6. The Bertz CT molecular complexity index is 1680. The summed E-state index contributed by atoms with van der Waals surface area (Å²) in [5, 5.41) is 24.5. The van der Waals surface area contributed by atoms with Gasteiger partial charge < -0.3 is 10.4 Å². The van der Waals surface area contributed by atoms with E-state index in [1.165, 1.54) is 30.0 Å². The van der Waals surface area contributed by atoms with Gasteiger partial charge in [-0.3, -0.25) is 0 Å². The van der Waals surface area contributed by atoms with Gasteiger partial charge in [0.1, 0.15) is 28.3 Å². The summed E-state index contributed by atoms with van der Waals surface area (Å²) < 4.78 is 42.3. The van der Waals surface area contributed by atoms with Crippen LogP contribution in [0.15, 0.2) is 82.7 Å². The van der Waals surface area contributed by atoms with Gasteiger partial charge in [0, 0.05) is 34.6 Å². The quantitative estimate of drug-likeness (QED) is 0.249. The minimum atomic E-state index is -1.80. The third-order valence-corrected chi connectivity index (χ3v) is 8.66. The minimum Gasteiger partial charge on any atom is -0.477 e. The van der Waals surface area contributed by atoms with E-state index in [0.717, 1.165) is 40.8 Å². The molecule has 2 atom stereocenters. The lowest BCUT2D eigenvalue weighted by atomic mass is 9.95. The molecule has 4 N–H and O–H groups in total. The molecule has 0 bridgehead atoms. The zero-order chi connectivity index (χ0) is 28.0. The summed E-state index contributed by atoms with van der Waals surface area (Å²) in [6, 6.07) is 18.3. The van der Waals surface area contributed by atoms with Crippen LogP contribution in [0.5, 0.6) is 0 Å². The van der Waals surface area contributed by atoms with Crippen LogP contribution in [-0.2, 0) is 22.2 Å². The van der Waals surface area contributed by atoms with Gasteiger partial charge >= 0.3 is 5.97 Å². The van der Waals surface area contributed by atoms with Crippen molar-refractivity contribution in [3.63, 3.8) is 0 Å². The van der Waals surface area contributed by atoms with Crippen molar-refractivity contribution in [2.24, 2.45) is 5.14 Å². The third-order valence-electron chi connectivity index (χ3n) is 7.00. The molecule has 4 aromatic rings. The fourth-order valence-electron chi connectivity index (χ4n) is 4.90. The third kappa shape index (κ3) is 5.19. The van der Waals surface area contributed by atoms with Crippen LogP contribution in [0, 0.1) is 11.6 Å². The molecule has 1 saturated carbocycles. The van der Waals surface area contributed by atoms with Gasteiger partial charge in [0.05, 0.1) is 10.6 Å². The van der Waals surface area contributed by atoms with Crippen molar-refractivity contribution in [2.75, 3.05) is 0 Å². The van der Waals surface area contributed by atoms with E-state index in [2.05, 4.69) is 5.32 Å². The Labute approximate surface area is 235 Å². The second-order valence-electron chi connectivity index (χ2n) is 9.72. The van der Waals surface area contributed by atoms with E-state index >= 15 is 4.39 Å². The number of hydrogen-bond acceptors (Lipinski definition) is 5. The molecule has 0 amide bonds. The van der Waals surface area contributed by atoms with Gasteiger partial charge in [-0.05, 0) is 59.9 Å². The fraction of sp³-hybridized carbons (Fsp3) is 0.172. The highest BCUT2D eigenvalue weighted by Crippen LogP contribution is 2.47. The number of thioether (sulfide) groups is 1. The van der Waals surface area contributed by atoms with E-state index in [0.29, 0.717) is 11.3 Å². The lowest BCUT2D eigenvalue weighted by Gasteiger charge is -2.16. The highest BCUT2D eigenvalue weighted by molar-refractivity contribution is 8.02. The number of carboxylic acids is 1. The standard InChI is InChI=1S/C29H24F2N4O3S2/c30-21-9-6-16(7-10-21)18-2-1-3-20(12-18)26-23(13-19-8-11-22(40(32)38)14-24(19)31)27(17-4-5-17)35(34-26)29-33-25(15-39-29)28(36)37/h1-3,6-12,14-15,17,29,33H,4-5,13,32H2,(H,36,37). The van der Waals surface area contributed by atoms with Crippen molar-refractivity contribution < 1.29 is 22.9 Å². The van der Waals surface area contributed by atoms with E-state index < -0.39 is 28.3 Å². The predicted molar refractivity (Wildman–Crippen MR) is 150 cm³/mol. The van der Waals surface area contributed by atoms with Crippen LogP contribution >= 0.6 is 11.8 Å². The van der Waals surface area contributed by atoms with Crippen molar-refractivity contribution in [1.82, 2.24) is 15.1 Å². The Morgan fingerprint density at radius 1 is 1.07 bits per heavy atom. The van der Waals surface area contributed by atoms with E-state index in [1.54, 1.807) is 29.7 Å². The molecular formula is C29H24F2N4O3S2. The van der Waals surface area contributed by atoms with Gasteiger partial charge in [-0.25, -0.2) is 27.6 Å². The van der Waals surface area contributed by atoms with Crippen LogP contribution in [0.4, 0.5) is 8.78 Å². The number of hydrogen-bond donors (Lipinski definition) is 3. The first-order valence-electron chi connectivity index (χ1n) is 12.6. The van der Waals surface area contributed by atoms with Crippen LogP contribution in [0.1, 0.15) is 41.1 Å². The molecule has 1 fully saturated rings. The van der Waals surface area contributed by atoms with Crippen LogP contribution in [0.3, 0.4) is 0 Å². The first-order chi connectivity index (χ1) is 19.3. The smallest absolute Gasteiger partial charge is 0.352 e. The molecule has 3 aromatic carbocycles. The molecule has 2 unspecified atom stereocenters. The van der Waals surface area contributed by atoms with Crippen LogP contribution in [0.2, 0.25) is 0 Å². The summed E-state index contributed by atoms with van der Waals surface area (Å²) in [6.07, 6.45) is 2.11. The molecule has 0 radical (unpaired) electrons. The molecule has 0 saturated heterocycles. The summed E-state index contributed by atoms with van der Waals surface area (Å²) in [6.45, 7) is 0. The Balaban J connectivity index is 1.48. The zero-order valence-corrected chi connectivity index (χ0v) is 22.6. The second-order valence-corrected chi connectivity index (χ2v) is 11.7. The largest absolute Gasteiger partial charge is 0.477 e. The number of nitrogens with zero attached hydrogens (tertiary/aromatic N) is 2. The number of rotatable bonds is 8. The van der Waals surface area contributed by atoms with Gasteiger partial charge in [0.25, 0.3) is 0 Å². The van der Waals surface area contributed by atoms with E-state index in [9.17, 15) is 18.5 Å². The van der Waals surface area contributed by atoms with Crippen molar-refractivity contribution in [3.05, 3.63) is 106 Å². The van der Waals surface area contributed by atoms with Gasteiger partial charge in [-0.2, -0.15) is 5.10 Å². The Morgan fingerprint density at radius 3 is 2.48 bits per heavy atom. The van der Waals surface area contributed by atoms with E-state index in [-0.39, 0.29) is 28.7 Å². The van der Waals surface area contributed by atoms with Gasteiger partial charge in [-0.1, -0.05) is 48.2 Å². The molecule has 2 aliphatic rings. The number of benzene rings is 3.